The van der Waals surface area contributed by atoms with Crippen molar-refractivity contribution in [3.8, 4) is 0 Å². The molecule has 1 aromatic rings. The maximum atomic E-state index is 14.2. The maximum absolute atomic E-state index is 14.2. The number of amides is 2. The van der Waals surface area contributed by atoms with E-state index >= 15 is 0 Å². The van der Waals surface area contributed by atoms with E-state index in [1.54, 1.807) is 0 Å². The fraction of sp³-hybridized carbons (Fsp3) is 0.654. The van der Waals surface area contributed by atoms with Crippen molar-refractivity contribution in [1.82, 2.24) is 15.2 Å². The van der Waals surface area contributed by atoms with E-state index < -0.39 is 93.8 Å². The van der Waals surface area contributed by atoms with Crippen LogP contribution >= 0.6 is 12.2 Å². The van der Waals surface area contributed by atoms with E-state index in [0.29, 0.717) is 17.2 Å². The van der Waals surface area contributed by atoms with E-state index in [1.807, 2.05) is 0 Å². The highest BCUT2D eigenvalue weighted by Gasteiger charge is 2.58. The van der Waals surface area contributed by atoms with Crippen LogP contribution in [0.3, 0.4) is 0 Å². The number of likely N-dealkylation sites (tertiary alicyclic amines) is 1. The van der Waals surface area contributed by atoms with Crippen molar-refractivity contribution >= 4 is 40.4 Å². The van der Waals surface area contributed by atoms with Gasteiger partial charge in [0.15, 0.2) is 6.04 Å². The van der Waals surface area contributed by atoms with E-state index in [-0.39, 0.29) is 25.8 Å². The van der Waals surface area contributed by atoms with Crippen molar-refractivity contribution in [1.29, 1.82) is 0 Å². The number of nitrogens with zero attached hydrogens (tertiary/aromatic N) is 3. The van der Waals surface area contributed by atoms with Crippen LogP contribution in [0.1, 0.15) is 64.5 Å². The molecule has 3 N–H and O–H groups in total. The molecule has 0 bridgehead atoms. The summed E-state index contributed by atoms with van der Waals surface area (Å²) in [7, 11) is 0. The third-order valence-electron chi connectivity index (χ3n) is 7.22. The van der Waals surface area contributed by atoms with Gasteiger partial charge in [-0.15, -0.1) is 0 Å². The quantitative estimate of drug-likeness (QED) is 0.156. The Hall–Kier alpha value is -2.95. The Labute approximate surface area is 247 Å². The third kappa shape index (κ3) is 7.96. The molecule has 2 amide bonds. The summed E-state index contributed by atoms with van der Waals surface area (Å²) in [4.78, 5) is 33.6. The number of nitrogens with one attached hydrogen (secondary N) is 2. The monoisotopic (exact) mass is 645 g/mol. The van der Waals surface area contributed by atoms with Gasteiger partial charge in [-0.25, -0.2) is 13.8 Å². The van der Waals surface area contributed by atoms with Gasteiger partial charge in [-0.05, 0) is 53.0 Å². The molecule has 1 saturated carbocycles. The van der Waals surface area contributed by atoms with Crippen molar-refractivity contribution in [2.24, 2.45) is 4.99 Å². The molecule has 0 spiro atoms. The zero-order valence-electron chi connectivity index (χ0n) is 23.6. The van der Waals surface area contributed by atoms with Gasteiger partial charge in [0.25, 0.3) is 17.7 Å². The fourth-order valence-corrected chi connectivity index (χ4v) is 5.04. The molecule has 2 heterocycles. The number of thiocarbonyl (C=S) groups is 1. The molecule has 240 valence electrons. The largest absolute Gasteiger partial charge is 0.417 e. The molecule has 1 aliphatic heterocycles. The second kappa shape index (κ2) is 11.9. The number of anilines is 1. The number of rotatable bonds is 9. The number of carbonyl (C=O) groups is 2. The summed E-state index contributed by atoms with van der Waals surface area (Å²) in [5.41, 5.74) is -6.71. The predicted molar refractivity (Wildman–Crippen MR) is 144 cm³/mol. The van der Waals surface area contributed by atoms with Gasteiger partial charge in [0, 0.05) is 30.8 Å². The summed E-state index contributed by atoms with van der Waals surface area (Å²) in [6.45, 7) is 3.82. The Kier molecular flexibility index (Phi) is 9.52. The summed E-state index contributed by atoms with van der Waals surface area (Å²) in [5, 5.41) is 14.2. The summed E-state index contributed by atoms with van der Waals surface area (Å²) in [5.74, 6) is -6.16. The summed E-state index contributed by atoms with van der Waals surface area (Å²) >= 11 is 5.23. The SMILES string of the molecule is C/C(=N\C(C(=O)N1CC(F)(F)C[C@@H]1C)C(=S)c1cnc(NC2(C(F)(F)F)CCC2)cc1C(F)(F)F)C(=O)NCC(C)(C)O. The van der Waals surface area contributed by atoms with Gasteiger partial charge in [-0.2, -0.15) is 26.3 Å². The summed E-state index contributed by atoms with van der Waals surface area (Å²) in [6.07, 6.45) is -10.7. The molecule has 0 aromatic carbocycles. The number of carbonyl (C=O) groups excluding carboxylic acids is 2. The Morgan fingerprint density at radius 3 is 2.26 bits per heavy atom. The Morgan fingerprint density at radius 2 is 1.81 bits per heavy atom. The summed E-state index contributed by atoms with van der Waals surface area (Å²) < 4.78 is 112. The van der Waals surface area contributed by atoms with Gasteiger partial charge in [0.1, 0.15) is 11.4 Å². The number of hydrogen-bond acceptors (Lipinski definition) is 7. The van der Waals surface area contributed by atoms with Crippen LogP contribution in [0.25, 0.3) is 0 Å². The second-order valence-corrected chi connectivity index (χ2v) is 12.0. The topological polar surface area (TPSA) is 107 Å². The third-order valence-corrected chi connectivity index (χ3v) is 7.66. The van der Waals surface area contributed by atoms with Crippen molar-refractivity contribution < 1.29 is 49.8 Å². The van der Waals surface area contributed by atoms with Gasteiger partial charge < -0.3 is 20.6 Å². The molecule has 1 saturated heterocycles. The number of halogens is 8. The zero-order valence-corrected chi connectivity index (χ0v) is 24.4. The molecular weight excluding hydrogens is 614 g/mol. The molecule has 8 nitrogen and oxygen atoms in total. The maximum Gasteiger partial charge on any atom is 0.417 e. The molecule has 2 fully saturated rings. The van der Waals surface area contributed by atoms with E-state index in [0.717, 1.165) is 6.92 Å². The van der Waals surface area contributed by atoms with Crippen LogP contribution in [0, 0.1) is 0 Å². The normalized spacial score (nSPS) is 21.2. The Bertz CT molecular complexity index is 1290. The van der Waals surface area contributed by atoms with Crippen LogP contribution in [0.5, 0.6) is 0 Å². The van der Waals surface area contributed by atoms with E-state index in [1.165, 1.54) is 20.8 Å². The Morgan fingerprint density at radius 1 is 1.21 bits per heavy atom. The number of alkyl halides is 8. The molecule has 1 unspecified atom stereocenters. The van der Waals surface area contributed by atoms with Crippen molar-refractivity contribution in [2.75, 3.05) is 18.4 Å². The molecule has 1 aliphatic carbocycles. The first-order valence-electron chi connectivity index (χ1n) is 13.2. The van der Waals surface area contributed by atoms with E-state index in [2.05, 4.69) is 20.6 Å². The number of aliphatic hydroxyl groups is 1. The number of aromatic nitrogens is 1. The summed E-state index contributed by atoms with van der Waals surface area (Å²) in [6, 6.07) is -2.80. The van der Waals surface area contributed by atoms with Crippen LogP contribution < -0.4 is 10.6 Å². The molecule has 1 aromatic heterocycles. The van der Waals surface area contributed by atoms with Crippen molar-refractivity contribution in [3.05, 3.63) is 23.4 Å². The van der Waals surface area contributed by atoms with Crippen LogP contribution in [0.2, 0.25) is 0 Å². The lowest BCUT2D eigenvalue weighted by Crippen LogP contribution is -2.57. The van der Waals surface area contributed by atoms with Crippen molar-refractivity contribution in [2.45, 2.75) is 94.9 Å². The van der Waals surface area contributed by atoms with Gasteiger partial charge in [-0.3, -0.25) is 14.6 Å². The van der Waals surface area contributed by atoms with Crippen LogP contribution in [-0.2, 0) is 15.8 Å². The highest BCUT2D eigenvalue weighted by molar-refractivity contribution is 7.81. The first-order valence-corrected chi connectivity index (χ1v) is 13.6. The molecule has 0 radical (unpaired) electrons. The fourth-order valence-electron chi connectivity index (χ4n) is 4.72. The standard InChI is InChI=1S/C26H31F8N5O3S/c1-13-9-24(27,28)12-39(13)21(41)18(37-14(2)20(40)36-11-22(3,4)42)19(43)15-10-35-17(8-16(15)25(29,30)31)38-23(6-5-7-23)26(32,33)34/h8,10,13,18,42H,5-7,9,11-12H2,1-4H3,(H,35,38)(H,36,40)/b37-14+/t13-,18?/m0/s1. The number of aliphatic imine (C=N–C) groups is 1. The minimum atomic E-state index is -5.20. The highest BCUT2D eigenvalue weighted by atomic mass is 32.1. The molecule has 2 atom stereocenters. The van der Waals surface area contributed by atoms with E-state index in [9.17, 15) is 49.8 Å². The lowest BCUT2D eigenvalue weighted by atomic mass is 9.76. The van der Waals surface area contributed by atoms with Crippen LogP contribution in [0.15, 0.2) is 17.3 Å². The second-order valence-electron chi connectivity index (χ2n) is 11.5. The van der Waals surface area contributed by atoms with Crippen LogP contribution in [-0.4, -0.2) is 85.8 Å². The minimum absolute atomic E-state index is 0.194. The van der Waals surface area contributed by atoms with Gasteiger partial charge in [0.2, 0.25) is 0 Å². The van der Waals surface area contributed by atoms with E-state index in [4.69, 9.17) is 12.2 Å². The molecule has 17 heteroatoms. The van der Waals surface area contributed by atoms with Gasteiger partial charge in [0.05, 0.1) is 28.3 Å². The Balaban J connectivity index is 2.06. The van der Waals surface area contributed by atoms with Crippen molar-refractivity contribution in [3.63, 3.8) is 0 Å². The van der Waals surface area contributed by atoms with Crippen LogP contribution in [0.4, 0.5) is 40.9 Å². The first-order chi connectivity index (χ1) is 19.5. The average molecular weight is 646 g/mol. The average Bonchev–Trinajstić information content (AvgIpc) is 3.12. The lowest BCUT2D eigenvalue weighted by molar-refractivity contribution is -0.198. The number of hydrogen-bond donors (Lipinski definition) is 3. The van der Waals surface area contributed by atoms with Gasteiger partial charge >= 0.3 is 12.4 Å². The zero-order chi connectivity index (χ0) is 32.8. The molecule has 2 aliphatic rings. The lowest BCUT2D eigenvalue weighted by Gasteiger charge is -2.44. The van der Waals surface area contributed by atoms with Gasteiger partial charge in [-0.1, -0.05) is 12.2 Å². The first kappa shape index (κ1) is 34.5. The molecule has 3 rings (SSSR count). The molecular formula is C26H31F8N5O3S. The minimum Gasteiger partial charge on any atom is -0.389 e. The predicted octanol–water partition coefficient (Wildman–Crippen LogP) is 4.69. The highest BCUT2D eigenvalue weighted by Crippen LogP contribution is 2.47. The molecule has 43 heavy (non-hydrogen) atoms. The number of pyridine rings is 1. The smallest absolute Gasteiger partial charge is 0.389 e.